The van der Waals surface area contributed by atoms with E-state index in [1.807, 2.05) is 0 Å². The van der Waals surface area contributed by atoms with Crippen LogP contribution in [0, 0.1) is 5.41 Å². The number of carbonyl (C=O) groups excluding carboxylic acids is 1. The summed E-state index contributed by atoms with van der Waals surface area (Å²) in [6, 6.07) is -1.19. The SMILES string of the molecule is CC(C)(C)[C@H](NC(=O)COCC(F)(F)F)C(=O)O. The van der Waals surface area contributed by atoms with E-state index >= 15 is 0 Å². The molecule has 0 aliphatic heterocycles. The van der Waals surface area contributed by atoms with E-state index < -0.39 is 42.7 Å². The highest BCUT2D eigenvalue weighted by molar-refractivity contribution is 5.84. The molecule has 0 saturated heterocycles. The van der Waals surface area contributed by atoms with Crippen molar-refractivity contribution < 1.29 is 32.6 Å². The lowest BCUT2D eigenvalue weighted by Gasteiger charge is -2.27. The van der Waals surface area contributed by atoms with E-state index in [0.717, 1.165) is 0 Å². The molecule has 1 amide bonds. The minimum Gasteiger partial charge on any atom is -0.480 e. The largest absolute Gasteiger partial charge is 0.480 e. The number of hydrogen-bond acceptors (Lipinski definition) is 3. The average molecular weight is 271 g/mol. The molecule has 0 aromatic heterocycles. The van der Waals surface area contributed by atoms with Gasteiger partial charge in [-0.25, -0.2) is 4.79 Å². The number of rotatable bonds is 5. The summed E-state index contributed by atoms with van der Waals surface area (Å²) in [7, 11) is 0. The molecule has 18 heavy (non-hydrogen) atoms. The van der Waals surface area contributed by atoms with Crippen LogP contribution in [0.5, 0.6) is 0 Å². The highest BCUT2D eigenvalue weighted by atomic mass is 19.4. The minimum absolute atomic E-state index is 0.758. The van der Waals surface area contributed by atoms with Crippen molar-refractivity contribution in [2.45, 2.75) is 33.0 Å². The number of halogens is 3. The van der Waals surface area contributed by atoms with E-state index in [2.05, 4.69) is 10.1 Å². The van der Waals surface area contributed by atoms with Crippen molar-refractivity contribution in [3.63, 3.8) is 0 Å². The number of ether oxygens (including phenoxy) is 1. The third kappa shape index (κ3) is 7.10. The van der Waals surface area contributed by atoms with Gasteiger partial charge in [-0.05, 0) is 5.41 Å². The standard InChI is InChI=1S/C10H16F3NO4/c1-9(2,3)7(8(16)17)14-6(15)4-18-5-10(11,12)13/h7H,4-5H2,1-3H3,(H,14,15)(H,16,17)/t7-/m1/s1. The summed E-state index contributed by atoms with van der Waals surface area (Å²) in [5.41, 5.74) is -0.758. The molecule has 5 nitrogen and oxygen atoms in total. The first-order chi connectivity index (χ1) is 7.93. The van der Waals surface area contributed by atoms with Gasteiger partial charge in [0, 0.05) is 0 Å². The second-order valence-electron chi connectivity index (χ2n) is 4.81. The number of carboxylic acid groups (broad SMARTS) is 1. The van der Waals surface area contributed by atoms with Crippen LogP contribution in [0.15, 0.2) is 0 Å². The van der Waals surface area contributed by atoms with E-state index in [1.165, 1.54) is 0 Å². The zero-order valence-corrected chi connectivity index (χ0v) is 10.3. The summed E-state index contributed by atoms with van der Waals surface area (Å²) in [6.45, 7) is 2.38. The van der Waals surface area contributed by atoms with Gasteiger partial charge in [-0.2, -0.15) is 13.2 Å². The molecule has 0 rings (SSSR count). The Hall–Kier alpha value is -1.31. The Morgan fingerprint density at radius 3 is 2.11 bits per heavy atom. The van der Waals surface area contributed by atoms with E-state index in [-0.39, 0.29) is 0 Å². The van der Waals surface area contributed by atoms with Crippen molar-refractivity contribution in [3.8, 4) is 0 Å². The quantitative estimate of drug-likeness (QED) is 0.787. The van der Waals surface area contributed by atoms with Crippen molar-refractivity contribution in [2.75, 3.05) is 13.2 Å². The smallest absolute Gasteiger partial charge is 0.411 e. The number of carbonyl (C=O) groups is 2. The van der Waals surface area contributed by atoms with Crippen molar-refractivity contribution in [1.82, 2.24) is 5.32 Å². The van der Waals surface area contributed by atoms with Crippen molar-refractivity contribution in [3.05, 3.63) is 0 Å². The summed E-state index contributed by atoms with van der Waals surface area (Å²) in [5.74, 6) is -2.16. The third-order valence-corrected chi connectivity index (χ3v) is 1.92. The Kier molecular flexibility index (Phi) is 5.59. The van der Waals surface area contributed by atoms with Crippen LogP contribution in [0.3, 0.4) is 0 Å². The fourth-order valence-electron chi connectivity index (χ4n) is 1.11. The van der Waals surface area contributed by atoms with Gasteiger partial charge < -0.3 is 15.2 Å². The van der Waals surface area contributed by atoms with Crippen molar-refractivity contribution >= 4 is 11.9 Å². The average Bonchev–Trinajstić information content (AvgIpc) is 2.09. The number of alkyl halides is 3. The second-order valence-corrected chi connectivity index (χ2v) is 4.81. The number of nitrogens with one attached hydrogen (secondary N) is 1. The first-order valence-corrected chi connectivity index (χ1v) is 5.10. The Labute approximate surface area is 102 Å². The van der Waals surface area contributed by atoms with Crippen molar-refractivity contribution in [1.29, 1.82) is 0 Å². The number of aliphatic carboxylic acids is 1. The van der Waals surface area contributed by atoms with Crippen LogP contribution in [0.4, 0.5) is 13.2 Å². The highest BCUT2D eigenvalue weighted by Crippen LogP contribution is 2.19. The second kappa shape index (κ2) is 6.03. The molecule has 0 spiro atoms. The van der Waals surface area contributed by atoms with Gasteiger partial charge in [-0.15, -0.1) is 0 Å². The van der Waals surface area contributed by atoms with Crippen LogP contribution in [-0.2, 0) is 14.3 Å². The van der Waals surface area contributed by atoms with Crippen LogP contribution in [0.25, 0.3) is 0 Å². The molecule has 0 heterocycles. The van der Waals surface area contributed by atoms with Gasteiger partial charge in [-0.3, -0.25) is 4.79 Å². The van der Waals surface area contributed by atoms with Crippen LogP contribution >= 0.6 is 0 Å². The van der Waals surface area contributed by atoms with Gasteiger partial charge in [0.25, 0.3) is 0 Å². The summed E-state index contributed by atoms with van der Waals surface area (Å²) in [6.07, 6.45) is -4.52. The zero-order valence-electron chi connectivity index (χ0n) is 10.3. The molecule has 0 aromatic rings. The normalized spacial score (nSPS) is 14.1. The van der Waals surface area contributed by atoms with Crippen LogP contribution < -0.4 is 5.32 Å². The first kappa shape index (κ1) is 16.7. The lowest BCUT2D eigenvalue weighted by Crippen LogP contribution is -2.50. The molecule has 2 N–H and O–H groups in total. The molecule has 106 valence electrons. The molecule has 0 radical (unpaired) electrons. The fourth-order valence-corrected chi connectivity index (χ4v) is 1.11. The maximum absolute atomic E-state index is 11.7. The molecule has 0 bridgehead atoms. The van der Waals surface area contributed by atoms with Crippen LogP contribution in [0.1, 0.15) is 20.8 Å². The highest BCUT2D eigenvalue weighted by Gasteiger charge is 2.33. The van der Waals surface area contributed by atoms with Gasteiger partial charge in [0.2, 0.25) is 5.91 Å². The first-order valence-electron chi connectivity index (χ1n) is 5.10. The predicted molar refractivity (Wildman–Crippen MR) is 55.9 cm³/mol. The fraction of sp³-hybridized carbons (Fsp3) is 0.800. The Bertz CT molecular complexity index is 309. The number of carboxylic acids is 1. The molecular weight excluding hydrogens is 255 g/mol. The number of hydrogen-bond donors (Lipinski definition) is 2. The molecule has 8 heteroatoms. The molecule has 0 fully saturated rings. The molecule has 1 atom stereocenters. The third-order valence-electron chi connectivity index (χ3n) is 1.92. The van der Waals surface area contributed by atoms with E-state index in [4.69, 9.17) is 5.11 Å². The summed E-state index contributed by atoms with van der Waals surface area (Å²) in [5, 5.41) is 11.0. The maximum Gasteiger partial charge on any atom is 0.411 e. The monoisotopic (exact) mass is 271 g/mol. The number of amides is 1. The lowest BCUT2D eigenvalue weighted by atomic mass is 9.87. The molecule has 0 unspecified atom stereocenters. The van der Waals surface area contributed by atoms with Gasteiger partial charge in [0.15, 0.2) is 0 Å². The van der Waals surface area contributed by atoms with Crippen LogP contribution in [-0.4, -0.2) is 42.4 Å². The Morgan fingerprint density at radius 1 is 1.28 bits per heavy atom. The zero-order chi connectivity index (χ0) is 14.6. The van der Waals surface area contributed by atoms with Gasteiger partial charge in [-0.1, -0.05) is 20.8 Å². The van der Waals surface area contributed by atoms with E-state index in [1.54, 1.807) is 20.8 Å². The Morgan fingerprint density at radius 2 is 1.78 bits per heavy atom. The summed E-state index contributed by atoms with van der Waals surface area (Å²) >= 11 is 0. The maximum atomic E-state index is 11.7. The predicted octanol–water partition coefficient (Wildman–Crippen LogP) is 1.18. The van der Waals surface area contributed by atoms with Crippen molar-refractivity contribution in [2.24, 2.45) is 5.41 Å². The molecule has 0 aliphatic carbocycles. The molecule has 0 aliphatic rings. The van der Waals surface area contributed by atoms with Gasteiger partial charge in [0.1, 0.15) is 19.3 Å². The molecular formula is C10H16F3NO4. The van der Waals surface area contributed by atoms with E-state index in [0.29, 0.717) is 0 Å². The Balaban J connectivity index is 4.25. The lowest BCUT2D eigenvalue weighted by molar-refractivity contribution is -0.176. The minimum atomic E-state index is -4.52. The van der Waals surface area contributed by atoms with E-state index in [9.17, 15) is 22.8 Å². The molecule has 0 aromatic carbocycles. The van der Waals surface area contributed by atoms with Gasteiger partial charge >= 0.3 is 12.1 Å². The summed E-state index contributed by atoms with van der Waals surface area (Å²) in [4.78, 5) is 22.1. The van der Waals surface area contributed by atoms with Crippen LogP contribution in [0.2, 0.25) is 0 Å². The topological polar surface area (TPSA) is 75.6 Å². The van der Waals surface area contributed by atoms with Gasteiger partial charge in [0.05, 0.1) is 0 Å². The molecule has 0 saturated carbocycles. The summed E-state index contributed by atoms with van der Waals surface area (Å²) < 4.78 is 39.3.